The number of nitrogen functional groups attached to an aromatic ring is 1. The molecule has 3 N–H and O–H groups in total. The van der Waals surface area contributed by atoms with Crippen LogP contribution in [0.2, 0.25) is 0 Å². The highest BCUT2D eigenvalue weighted by Crippen LogP contribution is 2.37. The maximum absolute atomic E-state index is 12.5. The van der Waals surface area contributed by atoms with E-state index in [2.05, 4.69) is 4.74 Å². The summed E-state index contributed by atoms with van der Waals surface area (Å²) in [6.07, 6.45) is -4.80. The number of halogens is 3. The maximum atomic E-state index is 12.5. The van der Waals surface area contributed by atoms with Crippen molar-refractivity contribution in [1.29, 1.82) is 0 Å². The van der Waals surface area contributed by atoms with Crippen LogP contribution >= 0.6 is 0 Å². The predicted molar refractivity (Wildman–Crippen MR) is 49.4 cm³/mol. The molecule has 0 aliphatic rings. The molecular formula is C9H8F3NO3. The first-order valence-electron chi connectivity index (χ1n) is 4.05. The fraction of sp³-hybridized carbons (Fsp3) is 0.222. The van der Waals surface area contributed by atoms with Crippen LogP contribution in [0, 0.1) is 0 Å². The third-order valence-corrected chi connectivity index (χ3v) is 1.86. The lowest BCUT2D eigenvalue weighted by atomic mass is 10.0. The van der Waals surface area contributed by atoms with E-state index in [4.69, 9.17) is 10.8 Å². The molecule has 1 aromatic rings. The second-order valence-corrected chi connectivity index (χ2v) is 2.95. The van der Waals surface area contributed by atoms with Crippen molar-refractivity contribution in [2.75, 3.05) is 12.8 Å². The fourth-order valence-corrected chi connectivity index (χ4v) is 1.24. The summed E-state index contributed by atoms with van der Waals surface area (Å²) in [7, 11) is 1.07. The van der Waals surface area contributed by atoms with Gasteiger partial charge in [-0.3, -0.25) is 0 Å². The SMILES string of the molecule is COc1cc(N)cc(C(F)(F)F)c1C(=O)O. The summed E-state index contributed by atoms with van der Waals surface area (Å²) >= 11 is 0. The Morgan fingerprint density at radius 1 is 1.44 bits per heavy atom. The lowest BCUT2D eigenvalue weighted by Gasteiger charge is -2.14. The van der Waals surface area contributed by atoms with Crippen molar-refractivity contribution in [3.8, 4) is 5.75 Å². The zero-order valence-corrected chi connectivity index (χ0v) is 8.13. The standard InChI is InChI=1S/C9H8F3NO3/c1-16-6-3-4(13)2-5(9(10,11)12)7(6)8(14)15/h2-3H,13H2,1H3,(H,14,15). The number of hydrogen-bond acceptors (Lipinski definition) is 3. The number of aromatic carboxylic acids is 1. The summed E-state index contributed by atoms with van der Waals surface area (Å²) in [4.78, 5) is 10.7. The normalized spacial score (nSPS) is 11.2. The van der Waals surface area contributed by atoms with Crippen LogP contribution in [-0.2, 0) is 6.18 Å². The highest BCUT2D eigenvalue weighted by atomic mass is 19.4. The topological polar surface area (TPSA) is 72.5 Å². The lowest BCUT2D eigenvalue weighted by molar-refractivity contribution is -0.138. The largest absolute Gasteiger partial charge is 0.496 e. The van der Waals surface area contributed by atoms with E-state index < -0.39 is 29.0 Å². The van der Waals surface area contributed by atoms with Gasteiger partial charge in [-0.25, -0.2) is 4.79 Å². The Bertz CT molecular complexity index is 429. The van der Waals surface area contributed by atoms with Gasteiger partial charge in [-0.15, -0.1) is 0 Å². The number of ether oxygens (including phenoxy) is 1. The van der Waals surface area contributed by atoms with Gasteiger partial charge in [0.05, 0.1) is 12.7 Å². The number of carboxylic acids is 1. The van der Waals surface area contributed by atoms with Gasteiger partial charge in [0.25, 0.3) is 0 Å². The Hall–Kier alpha value is -1.92. The van der Waals surface area contributed by atoms with Crippen molar-refractivity contribution in [2.45, 2.75) is 6.18 Å². The van der Waals surface area contributed by atoms with E-state index in [0.717, 1.165) is 13.2 Å². The second-order valence-electron chi connectivity index (χ2n) is 2.95. The van der Waals surface area contributed by atoms with E-state index in [-0.39, 0.29) is 5.69 Å². The minimum absolute atomic E-state index is 0.214. The zero-order valence-electron chi connectivity index (χ0n) is 8.13. The Morgan fingerprint density at radius 3 is 2.38 bits per heavy atom. The monoisotopic (exact) mass is 235 g/mol. The van der Waals surface area contributed by atoms with Crippen LogP contribution in [0.1, 0.15) is 15.9 Å². The summed E-state index contributed by atoms with van der Waals surface area (Å²) in [5.41, 5.74) is 2.75. The molecule has 7 heteroatoms. The van der Waals surface area contributed by atoms with E-state index >= 15 is 0 Å². The Labute approximate surface area is 88.4 Å². The van der Waals surface area contributed by atoms with Gasteiger partial charge in [-0.05, 0) is 6.07 Å². The minimum Gasteiger partial charge on any atom is -0.496 e. The molecule has 1 aromatic carbocycles. The number of carboxylic acid groups (broad SMARTS) is 1. The van der Waals surface area contributed by atoms with E-state index in [1.165, 1.54) is 0 Å². The van der Waals surface area contributed by atoms with Gasteiger partial charge in [0.2, 0.25) is 0 Å². The number of benzene rings is 1. The first kappa shape index (κ1) is 12.2. The van der Waals surface area contributed by atoms with Gasteiger partial charge in [-0.1, -0.05) is 0 Å². The van der Waals surface area contributed by atoms with Crippen LogP contribution in [0.3, 0.4) is 0 Å². The van der Waals surface area contributed by atoms with Crippen molar-refractivity contribution in [2.24, 2.45) is 0 Å². The average Bonchev–Trinajstić information content (AvgIpc) is 2.14. The zero-order chi connectivity index (χ0) is 12.5. The summed E-state index contributed by atoms with van der Waals surface area (Å²) in [5.74, 6) is -2.14. The Kier molecular flexibility index (Phi) is 2.97. The van der Waals surface area contributed by atoms with Crippen LogP contribution in [0.25, 0.3) is 0 Å². The number of methoxy groups -OCH3 is 1. The number of anilines is 1. The number of rotatable bonds is 2. The van der Waals surface area contributed by atoms with E-state index in [0.29, 0.717) is 6.07 Å². The van der Waals surface area contributed by atoms with E-state index in [9.17, 15) is 18.0 Å². The van der Waals surface area contributed by atoms with Gasteiger partial charge in [0.15, 0.2) is 0 Å². The van der Waals surface area contributed by atoms with Crippen molar-refractivity contribution in [3.63, 3.8) is 0 Å². The Morgan fingerprint density at radius 2 is 2.00 bits per heavy atom. The second kappa shape index (κ2) is 3.92. The molecule has 16 heavy (non-hydrogen) atoms. The third kappa shape index (κ3) is 2.18. The molecule has 0 aliphatic carbocycles. The van der Waals surface area contributed by atoms with Gasteiger partial charge in [-0.2, -0.15) is 13.2 Å². The maximum Gasteiger partial charge on any atom is 0.417 e. The molecule has 0 unspecified atom stereocenters. The summed E-state index contributed by atoms with van der Waals surface area (Å²) < 4.78 is 42.2. The van der Waals surface area contributed by atoms with Crippen LogP contribution in [0.15, 0.2) is 12.1 Å². The molecular weight excluding hydrogens is 227 g/mol. The lowest BCUT2D eigenvalue weighted by Crippen LogP contribution is -2.15. The molecule has 0 bridgehead atoms. The smallest absolute Gasteiger partial charge is 0.417 e. The molecule has 0 aliphatic heterocycles. The van der Waals surface area contributed by atoms with Gasteiger partial charge in [0, 0.05) is 11.8 Å². The number of hydrogen-bond donors (Lipinski definition) is 2. The fourth-order valence-electron chi connectivity index (χ4n) is 1.24. The van der Waals surface area contributed by atoms with Crippen LogP contribution < -0.4 is 10.5 Å². The molecule has 0 saturated heterocycles. The van der Waals surface area contributed by atoms with Gasteiger partial charge in [0.1, 0.15) is 11.3 Å². The van der Waals surface area contributed by atoms with E-state index in [1.807, 2.05) is 0 Å². The molecule has 0 atom stereocenters. The van der Waals surface area contributed by atoms with Crippen molar-refractivity contribution in [1.82, 2.24) is 0 Å². The highest BCUT2D eigenvalue weighted by Gasteiger charge is 2.37. The first-order chi connectivity index (χ1) is 7.27. The molecule has 0 amide bonds. The minimum atomic E-state index is -4.80. The van der Waals surface area contributed by atoms with E-state index in [1.54, 1.807) is 0 Å². The summed E-state index contributed by atoms with van der Waals surface area (Å²) in [5, 5.41) is 8.71. The molecule has 0 fully saturated rings. The van der Waals surface area contributed by atoms with Crippen molar-refractivity contribution in [3.05, 3.63) is 23.3 Å². The molecule has 1 rings (SSSR count). The number of carbonyl (C=O) groups is 1. The molecule has 0 heterocycles. The van der Waals surface area contributed by atoms with Gasteiger partial charge < -0.3 is 15.6 Å². The van der Waals surface area contributed by atoms with Crippen molar-refractivity contribution >= 4 is 11.7 Å². The third-order valence-electron chi connectivity index (χ3n) is 1.86. The van der Waals surface area contributed by atoms with Crippen LogP contribution in [-0.4, -0.2) is 18.2 Å². The molecule has 4 nitrogen and oxygen atoms in total. The molecule has 0 radical (unpaired) electrons. The highest BCUT2D eigenvalue weighted by molar-refractivity contribution is 5.93. The molecule has 88 valence electrons. The summed E-state index contributed by atoms with van der Waals surface area (Å²) in [6, 6.07) is 1.59. The van der Waals surface area contributed by atoms with Crippen molar-refractivity contribution < 1.29 is 27.8 Å². The molecule has 0 aromatic heterocycles. The number of nitrogens with two attached hydrogens (primary N) is 1. The summed E-state index contributed by atoms with van der Waals surface area (Å²) in [6.45, 7) is 0. The molecule has 0 saturated carbocycles. The number of alkyl halides is 3. The quantitative estimate of drug-likeness (QED) is 0.769. The van der Waals surface area contributed by atoms with Crippen LogP contribution in [0.5, 0.6) is 5.75 Å². The Balaban J connectivity index is 3.57. The average molecular weight is 235 g/mol. The van der Waals surface area contributed by atoms with Crippen LogP contribution in [0.4, 0.5) is 18.9 Å². The van der Waals surface area contributed by atoms with Gasteiger partial charge >= 0.3 is 12.1 Å². The molecule has 0 spiro atoms. The first-order valence-corrected chi connectivity index (χ1v) is 4.05. The predicted octanol–water partition coefficient (Wildman–Crippen LogP) is 1.99.